The van der Waals surface area contributed by atoms with Crippen molar-refractivity contribution in [2.45, 2.75) is 62.6 Å². The number of nitrogens with one attached hydrogen (secondary N) is 2. The SMILES string of the molecule is CSc1ccc(CN(C)C(C)C(=O)NC(=O)NC2CCCCC2)cc1. The predicted molar refractivity (Wildman–Crippen MR) is 103 cm³/mol. The first-order chi connectivity index (χ1) is 12.0. The van der Waals surface area contributed by atoms with Crippen molar-refractivity contribution in [3.8, 4) is 0 Å². The Balaban J connectivity index is 1.79. The van der Waals surface area contributed by atoms with Gasteiger partial charge in [-0.1, -0.05) is 31.4 Å². The lowest BCUT2D eigenvalue weighted by Crippen LogP contribution is -2.50. The summed E-state index contributed by atoms with van der Waals surface area (Å²) in [5.74, 6) is -0.267. The predicted octanol–water partition coefficient (Wildman–Crippen LogP) is 3.39. The molecule has 138 valence electrons. The lowest BCUT2D eigenvalue weighted by atomic mass is 9.96. The number of urea groups is 1. The van der Waals surface area contributed by atoms with Crippen molar-refractivity contribution in [2.75, 3.05) is 13.3 Å². The molecule has 6 heteroatoms. The summed E-state index contributed by atoms with van der Waals surface area (Å²) in [5, 5.41) is 5.39. The Hall–Kier alpha value is -1.53. The molecule has 2 rings (SSSR count). The molecule has 3 amide bonds. The van der Waals surface area contributed by atoms with Crippen LogP contribution in [0.2, 0.25) is 0 Å². The number of nitrogens with zero attached hydrogens (tertiary/aromatic N) is 1. The van der Waals surface area contributed by atoms with Gasteiger partial charge in [0.05, 0.1) is 6.04 Å². The Labute approximate surface area is 154 Å². The van der Waals surface area contributed by atoms with E-state index in [1.807, 2.05) is 25.1 Å². The Bertz CT molecular complexity index is 571. The number of carbonyl (C=O) groups excluding carboxylic acids is 2. The van der Waals surface area contributed by atoms with Gasteiger partial charge in [-0.2, -0.15) is 0 Å². The molecule has 1 aliphatic carbocycles. The van der Waals surface area contributed by atoms with Crippen molar-refractivity contribution in [1.82, 2.24) is 15.5 Å². The zero-order valence-electron chi connectivity index (χ0n) is 15.4. The van der Waals surface area contributed by atoms with Crippen LogP contribution in [-0.4, -0.2) is 42.2 Å². The van der Waals surface area contributed by atoms with Gasteiger partial charge >= 0.3 is 6.03 Å². The van der Waals surface area contributed by atoms with Gasteiger partial charge in [0.1, 0.15) is 0 Å². The summed E-state index contributed by atoms with van der Waals surface area (Å²) in [4.78, 5) is 27.5. The van der Waals surface area contributed by atoms with Gasteiger partial charge in [0.25, 0.3) is 0 Å². The standard InChI is InChI=1S/C19H29N3O2S/c1-14(22(2)13-15-9-11-17(25-3)12-10-15)18(23)21-19(24)20-16-7-5-4-6-8-16/h9-12,14,16H,4-8,13H2,1-3H3,(H2,20,21,23,24). The second-order valence-corrected chi connectivity index (χ2v) is 7.62. The molecule has 5 nitrogen and oxygen atoms in total. The van der Waals surface area contributed by atoms with Gasteiger partial charge in [-0.3, -0.25) is 15.0 Å². The topological polar surface area (TPSA) is 61.4 Å². The highest BCUT2D eigenvalue weighted by molar-refractivity contribution is 7.98. The molecular formula is C19H29N3O2S. The van der Waals surface area contributed by atoms with Gasteiger partial charge in [-0.15, -0.1) is 11.8 Å². The molecule has 0 bridgehead atoms. The summed E-state index contributed by atoms with van der Waals surface area (Å²) < 4.78 is 0. The second-order valence-electron chi connectivity index (χ2n) is 6.74. The third-order valence-corrected chi connectivity index (χ3v) is 5.55. The number of thioether (sulfide) groups is 1. The molecular weight excluding hydrogens is 334 g/mol. The van der Waals surface area contributed by atoms with Gasteiger partial charge in [0.15, 0.2) is 0 Å². The van der Waals surface area contributed by atoms with Crippen LogP contribution in [0.4, 0.5) is 4.79 Å². The Morgan fingerprint density at radius 2 is 1.84 bits per heavy atom. The Kier molecular flexibility index (Phi) is 7.78. The first kappa shape index (κ1) is 19.8. The van der Waals surface area contributed by atoms with Crippen molar-refractivity contribution >= 4 is 23.7 Å². The van der Waals surface area contributed by atoms with Gasteiger partial charge in [0, 0.05) is 17.5 Å². The molecule has 25 heavy (non-hydrogen) atoms. The highest BCUT2D eigenvalue weighted by Gasteiger charge is 2.22. The number of carbonyl (C=O) groups is 2. The number of amides is 3. The van der Waals surface area contributed by atoms with E-state index in [0.717, 1.165) is 31.2 Å². The summed E-state index contributed by atoms with van der Waals surface area (Å²) in [7, 11) is 1.89. The van der Waals surface area contributed by atoms with Gasteiger partial charge in [-0.25, -0.2) is 4.79 Å². The lowest BCUT2D eigenvalue weighted by molar-refractivity contribution is -0.124. The summed E-state index contributed by atoms with van der Waals surface area (Å²) in [6.07, 6.45) is 7.58. The first-order valence-electron chi connectivity index (χ1n) is 8.94. The number of hydrogen-bond acceptors (Lipinski definition) is 4. The minimum Gasteiger partial charge on any atom is -0.335 e. The Morgan fingerprint density at radius 1 is 1.20 bits per heavy atom. The molecule has 1 fully saturated rings. The molecule has 0 radical (unpaired) electrons. The van der Waals surface area contributed by atoms with E-state index in [4.69, 9.17) is 0 Å². The van der Waals surface area contributed by atoms with E-state index in [0.29, 0.717) is 6.54 Å². The number of hydrogen-bond donors (Lipinski definition) is 2. The molecule has 0 saturated heterocycles. The third-order valence-electron chi connectivity index (χ3n) is 4.81. The van der Waals surface area contributed by atoms with Crippen molar-refractivity contribution in [3.05, 3.63) is 29.8 Å². The van der Waals surface area contributed by atoms with Crippen LogP contribution in [0.1, 0.15) is 44.6 Å². The van der Waals surface area contributed by atoms with Crippen LogP contribution in [0.3, 0.4) is 0 Å². The van der Waals surface area contributed by atoms with Crippen LogP contribution in [0.15, 0.2) is 29.2 Å². The maximum atomic E-state index is 12.3. The van der Waals surface area contributed by atoms with E-state index in [1.54, 1.807) is 11.8 Å². The first-order valence-corrected chi connectivity index (χ1v) is 10.2. The van der Waals surface area contributed by atoms with Crippen molar-refractivity contribution in [3.63, 3.8) is 0 Å². The maximum absolute atomic E-state index is 12.3. The van der Waals surface area contributed by atoms with Gasteiger partial charge in [0.2, 0.25) is 5.91 Å². The highest BCUT2D eigenvalue weighted by atomic mass is 32.2. The quantitative estimate of drug-likeness (QED) is 0.761. The van der Waals surface area contributed by atoms with Gasteiger partial charge in [-0.05, 0) is 50.8 Å². The smallest absolute Gasteiger partial charge is 0.321 e. The molecule has 1 atom stereocenters. The molecule has 2 N–H and O–H groups in total. The van der Waals surface area contributed by atoms with Crippen LogP contribution in [-0.2, 0) is 11.3 Å². The molecule has 1 unspecified atom stereocenters. The minimum atomic E-state index is -0.377. The molecule has 0 heterocycles. The van der Waals surface area contributed by atoms with Crippen LogP contribution in [0.5, 0.6) is 0 Å². The van der Waals surface area contributed by atoms with Crippen LogP contribution in [0, 0.1) is 0 Å². The fraction of sp³-hybridized carbons (Fsp3) is 0.579. The number of rotatable bonds is 6. The summed E-state index contributed by atoms with van der Waals surface area (Å²) in [6.45, 7) is 2.48. The molecule has 0 spiro atoms. The van der Waals surface area contributed by atoms with E-state index < -0.39 is 0 Å². The second kappa shape index (κ2) is 9.82. The normalized spacial score (nSPS) is 16.5. The van der Waals surface area contributed by atoms with E-state index >= 15 is 0 Å². The summed E-state index contributed by atoms with van der Waals surface area (Å²) in [6, 6.07) is 7.75. The Morgan fingerprint density at radius 3 is 2.44 bits per heavy atom. The van der Waals surface area contributed by atoms with E-state index in [-0.39, 0.29) is 24.0 Å². The van der Waals surface area contributed by atoms with Crippen molar-refractivity contribution in [1.29, 1.82) is 0 Å². The lowest BCUT2D eigenvalue weighted by Gasteiger charge is -2.25. The fourth-order valence-electron chi connectivity index (χ4n) is 3.04. The third kappa shape index (κ3) is 6.36. The van der Waals surface area contributed by atoms with Crippen molar-refractivity contribution < 1.29 is 9.59 Å². The summed E-state index contributed by atoms with van der Waals surface area (Å²) in [5.41, 5.74) is 1.15. The van der Waals surface area contributed by atoms with E-state index in [2.05, 4.69) is 34.9 Å². The fourth-order valence-corrected chi connectivity index (χ4v) is 3.45. The average Bonchev–Trinajstić information content (AvgIpc) is 2.62. The largest absolute Gasteiger partial charge is 0.335 e. The van der Waals surface area contributed by atoms with Gasteiger partial charge < -0.3 is 5.32 Å². The van der Waals surface area contributed by atoms with Crippen molar-refractivity contribution in [2.24, 2.45) is 0 Å². The molecule has 1 aromatic carbocycles. The number of benzene rings is 1. The monoisotopic (exact) mass is 363 g/mol. The zero-order valence-corrected chi connectivity index (χ0v) is 16.2. The van der Waals surface area contributed by atoms with Crippen LogP contribution in [0.25, 0.3) is 0 Å². The molecule has 1 aliphatic rings. The highest BCUT2D eigenvalue weighted by Crippen LogP contribution is 2.17. The van der Waals surface area contributed by atoms with E-state index in [9.17, 15) is 9.59 Å². The molecule has 0 aliphatic heterocycles. The minimum absolute atomic E-state index is 0.199. The van der Waals surface area contributed by atoms with Crippen LogP contribution >= 0.6 is 11.8 Å². The average molecular weight is 364 g/mol. The van der Waals surface area contributed by atoms with E-state index in [1.165, 1.54) is 11.3 Å². The molecule has 1 aromatic rings. The maximum Gasteiger partial charge on any atom is 0.321 e. The van der Waals surface area contributed by atoms with Crippen LogP contribution < -0.4 is 10.6 Å². The zero-order chi connectivity index (χ0) is 18.2. The number of likely N-dealkylation sites (N-methyl/N-ethyl adjacent to an activating group) is 1. The summed E-state index contributed by atoms with van der Waals surface area (Å²) >= 11 is 1.71. The molecule has 0 aromatic heterocycles. The molecule has 1 saturated carbocycles. The number of imide groups is 1.